The number of amides is 1. The molecule has 0 saturated carbocycles. The molecular weight excluding hydrogens is 344 g/mol. The zero-order valence-corrected chi connectivity index (χ0v) is 17.4. The highest BCUT2D eigenvalue weighted by Gasteiger charge is 2.46. The minimum absolute atomic E-state index is 0.0241. The fraction of sp³-hybridized carbons (Fsp3) is 0.619. The molecule has 0 unspecified atom stereocenters. The van der Waals surface area contributed by atoms with Gasteiger partial charge in [-0.3, -0.25) is 4.79 Å². The van der Waals surface area contributed by atoms with E-state index in [1.807, 2.05) is 44.1 Å². The molecule has 0 bridgehead atoms. The molecule has 1 amide bonds. The van der Waals surface area contributed by atoms with Crippen molar-refractivity contribution >= 4 is 11.9 Å². The summed E-state index contributed by atoms with van der Waals surface area (Å²) in [6.45, 7) is 9.95. The van der Waals surface area contributed by atoms with Gasteiger partial charge >= 0.3 is 5.97 Å². The Morgan fingerprint density at radius 2 is 1.93 bits per heavy atom. The molecule has 2 atom stereocenters. The Hall–Kier alpha value is -2.08. The summed E-state index contributed by atoms with van der Waals surface area (Å²) >= 11 is 0. The highest BCUT2D eigenvalue weighted by atomic mass is 16.5. The third kappa shape index (κ3) is 4.61. The molecule has 150 valence electrons. The maximum Gasteiger partial charge on any atom is 0.326 e. The Balaban J connectivity index is 2.29. The molecule has 27 heavy (non-hydrogen) atoms. The highest BCUT2D eigenvalue weighted by Crippen LogP contribution is 2.32. The number of benzene rings is 1. The first-order valence-electron chi connectivity index (χ1n) is 9.44. The average molecular weight is 376 g/mol. The van der Waals surface area contributed by atoms with Gasteiger partial charge in [-0.05, 0) is 64.4 Å². The number of likely N-dealkylation sites (N-methyl/N-ethyl adjacent to an activating group) is 1. The molecule has 1 aliphatic heterocycles. The van der Waals surface area contributed by atoms with E-state index in [2.05, 4.69) is 13.8 Å². The van der Waals surface area contributed by atoms with Gasteiger partial charge in [0.1, 0.15) is 11.8 Å². The Morgan fingerprint density at radius 3 is 2.44 bits per heavy atom. The van der Waals surface area contributed by atoms with E-state index >= 15 is 0 Å². The number of rotatable bonds is 6. The molecule has 1 N–H and O–H groups in total. The Bertz CT molecular complexity index is 712. The number of hydrogen-bond acceptors (Lipinski definition) is 4. The SMILES string of the molecule is Cc1ccc(C(C)C)c(OC(C)(C)C(=O)N2C[C@H](N(C)C)C[C@H]2C(=O)O)c1. The van der Waals surface area contributed by atoms with Gasteiger partial charge in [0, 0.05) is 12.6 Å². The summed E-state index contributed by atoms with van der Waals surface area (Å²) in [6.07, 6.45) is 0.422. The maximum atomic E-state index is 13.2. The van der Waals surface area contributed by atoms with Crippen LogP contribution in [0, 0.1) is 6.92 Å². The molecule has 1 aromatic carbocycles. The summed E-state index contributed by atoms with van der Waals surface area (Å²) in [5.41, 5.74) is 0.922. The molecule has 1 aliphatic rings. The number of carbonyl (C=O) groups is 2. The number of aliphatic carboxylic acids is 1. The van der Waals surface area contributed by atoms with Crippen LogP contribution >= 0.6 is 0 Å². The first-order chi connectivity index (χ1) is 12.4. The van der Waals surface area contributed by atoms with Gasteiger partial charge in [0.2, 0.25) is 0 Å². The van der Waals surface area contributed by atoms with Crippen molar-refractivity contribution in [3.8, 4) is 5.75 Å². The van der Waals surface area contributed by atoms with E-state index in [1.165, 1.54) is 4.90 Å². The van der Waals surface area contributed by atoms with Gasteiger partial charge in [-0.15, -0.1) is 0 Å². The van der Waals surface area contributed by atoms with Crippen LogP contribution < -0.4 is 4.74 Å². The molecule has 1 fully saturated rings. The van der Waals surface area contributed by atoms with Crippen molar-refractivity contribution in [3.63, 3.8) is 0 Å². The smallest absolute Gasteiger partial charge is 0.326 e. The second kappa shape index (κ2) is 7.89. The molecule has 0 radical (unpaired) electrons. The predicted molar refractivity (Wildman–Crippen MR) is 105 cm³/mol. The van der Waals surface area contributed by atoms with Crippen molar-refractivity contribution in [3.05, 3.63) is 29.3 Å². The Morgan fingerprint density at radius 1 is 1.30 bits per heavy atom. The topological polar surface area (TPSA) is 70.1 Å². The van der Waals surface area contributed by atoms with Gasteiger partial charge in [0.25, 0.3) is 5.91 Å². The van der Waals surface area contributed by atoms with E-state index in [0.717, 1.165) is 11.1 Å². The number of carboxylic acid groups (broad SMARTS) is 1. The van der Waals surface area contributed by atoms with Crippen molar-refractivity contribution in [1.82, 2.24) is 9.80 Å². The van der Waals surface area contributed by atoms with Crippen molar-refractivity contribution in [1.29, 1.82) is 0 Å². The Labute approximate surface area is 162 Å². The lowest BCUT2D eigenvalue weighted by Gasteiger charge is -2.33. The van der Waals surface area contributed by atoms with Crippen LogP contribution in [0.25, 0.3) is 0 Å². The van der Waals surface area contributed by atoms with Gasteiger partial charge < -0.3 is 19.6 Å². The summed E-state index contributed by atoms with van der Waals surface area (Å²) in [5.74, 6) is -0.334. The van der Waals surface area contributed by atoms with Crippen LogP contribution in [0.4, 0.5) is 0 Å². The van der Waals surface area contributed by atoms with Crippen molar-refractivity contribution in [2.75, 3.05) is 20.6 Å². The van der Waals surface area contributed by atoms with Crippen molar-refractivity contribution in [2.45, 2.75) is 64.6 Å². The zero-order chi connectivity index (χ0) is 20.5. The van der Waals surface area contributed by atoms with Gasteiger partial charge in [0.15, 0.2) is 5.60 Å². The molecule has 1 heterocycles. The van der Waals surface area contributed by atoms with Gasteiger partial charge in [-0.2, -0.15) is 0 Å². The van der Waals surface area contributed by atoms with Crippen LogP contribution in [0.1, 0.15) is 51.2 Å². The van der Waals surface area contributed by atoms with Crippen LogP contribution in [-0.2, 0) is 9.59 Å². The van der Waals surface area contributed by atoms with Crippen molar-refractivity contribution < 1.29 is 19.4 Å². The van der Waals surface area contributed by atoms with Crippen LogP contribution in [0.2, 0.25) is 0 Å². The molecular formula is C21H32N2O4. The minimum atomic E-state index is -1.16. The normalized spacial score (nSPS) is 20.4. The molecule has 6 nitrogen and oxygen atoms in total. The first-order valence-corrected chi connectivity index (χ1v) is 9.44. The van der Waals surface area contributed by atoms with Gasteiger partial charge in [-0.1, -0.05) is 26.0 Å². The number of hydrogen-bond donors (Lipinski definition) is 1. The van der Waals surface area contributed by atoms with Crippen LogP contribution in [0.15, 0.2) is 18.2 Å². The average Bonchev–Trinajstić information content (AvgIpc) is 2.99. The molecule has 1 aromatic rings. The zero-order valence-electron chi connectivity index (χ0n) is 17.4. The summed E-state index contributed by atoms with van der Waals surface area (Å²) in [7, 11) is 3.81. The number of aryl methyl sites for hydroxylation is 1. The van der Waals surface area contributed by atoms with E-state index in [9.17, 15) is 14.7 Å². The Kier molecular flexibility index (Phi) is 6.20. The lowest BCUT2D eigenvalue weighted by atomic mass is 9.99. The first kappa shape index (κ1) is 21.2. The largest absolute Gasteiger partial charge is 0.480 e. The highest BCUT2D eigenvalue weighted by molar-refractivity contribution is 5.89. The number of carboxylic acids is 1. The summed E-state index contributed by atoms with van der Waals surface area (Å²) in [4.78, 5) is 28.4. The van der Waals surface area contributed by atoms with E-state index < -0.39 is 17.6 Å². The number of ether oxygens (including phenoxy) is 1. The lowest BCUT2D eigenvalue weighted by molar-refractivity contribution is -0.155. The molecule has 0 spiro atoms. The number of carbonyl (C=O) groups excluding carboxylic acids is 1. The molecule has 2 rings (SSSR count). The van der Waals surface area contributed by atoms with Crippen LogP contribution in [-0.4, -0.2) is 65.1 Å². The molecule has 6 heteroatoms. The molecule has 0 aromatic heterocycles. The maximum absolute atomic E-state index is 13.2. The summed E-state index contributed by atoms with van der Waals surface area (Å²) in [5, 5.41) is 9.59. The van der Waals surface area contributed by atoms with Crippen LogP contribution in [0.5, 0.6) is 5.75 Å². The quantitative estimate of drug-likeness (QED) is 0.827. The second-order valence-electron chi connectivity index (χ2n) is 8.47. The van der Waals surface area contributed by atoms with E-state index in [0.29, 0.717) is 18.7 Å². The van der Waals surface area contributed by atoms with Crippen LogP contribution in [0.3, 0.4) is 0 Å². The van der Waals surface area contributed by atoms with Gasteiger partial charge in [-0.25, -0.2) is 4.79 Å². The number of likely N-dealkylation sites (tertiary alicyclic amines) is 1. The van der Waals surface area contributed by atoms with E-state index in [1.54, 1.807) is 13.8 Å². The fourth-order valence-corrected chi connectivity index (χ4v) is 3.52. The minimum Gasteiger partial charge on any atom is -0.480 e. The third-order valence-electron chi connectivity index (χ3n) is 5.23. The number of nitrogens with zero attached hydrogens (tertiary/aromatic N) is 2. The van der Waals surface area contributed by atoms with Crippen molar-refractivity contribution in [2.24, 2.45) is 0 Å². The summed E-state index contributed by atoms with van der Waals surface area (Å²) < 4.78 is 6.18. The summed E-state index contributed by atoms with van der Waals surface area (Å²) in [6, 6.07) is 5.19. The fourth-order valence-electron chi connectivity index (χ4n) is 3.52. The van der Waals surface area contributed by atoms with Gasteiger partial charge in [0.05, 0.1) is 0 Å². The monoisotopic (exact) mass is 376 g/mol. The molecule has 1 saturated heterocycles. The molecule has 0 aliphatic carbocycles. The van der Waals surface area contributed by atoms with E-state index in [-0.39, 0.29) is 17.9 Å². The standard InChI is InChI=1S/C21H32N2O4/c1-13(2)16-9-8-14(3)10-18(16)27-21(4,5)20(26)23-12-15(22(6)7)11-17(23)19(24)25/h8-10,13,15,17H,11-12H2,1-7H3,(H,24,25)/t15-,17+/m1/s1. The second-order valence-corrected chi connectivity index (χ2v) is 8.47. The predicted octanol–water partition coefficient (Wildman–Crippen LogP) is 2.89. The third-order valence-corrected chi connectivity index (χ3v) is 5.23. The van der Waals surface area contributed by atoms with E-state index in [4.69, 9.17) is 4.74 Å². The lowest BCUT2D eigenvalue weighted by Crippen LogP contribution is -2.52.